The maximum atomic E-state index is 12.9. The van der Waals surface area contributed by atoms with Gasteiger partial charge in [0.1, 0.15) is 5.82 Å². The van der Waals surface area contributed by atoms with Crippen molar-refractivity contribution in [2.24, 2.45) is 0 Å². The first-order chi connectivity index (χ1) is 7.16. The van der Waals surface area contributed by atoms with Gasteiger partial charge in [-0.05, 0) is 37.2 Å². The van der Waals surface area contributed by atoms with E-state index in [1.165, 1.54) is 6.07 Å². The minimum Gasteiger partial charge on any atom is -0.478 e. The van der Waals surface area contributed by atoms with Gasteiger partial charge in [-0.25, -0.2) is 9.18 Å². The van der Waals surface area contributed by atoms with Crippen LogP contribution in [0.1, 0.15) is 22.3 Å². The fraction of sp³-hybridized carbons (Fsp3) is 0.364. The van der Waals surface area contributed by atoms with Gasteiger partial charge in [-0.15, -0.1) is 0 Å². The van der Waals surface area contributed by atoms with Crippen molar-refractivity contribution in [3.8, 4) is 0 Å². The van der Waals surface area contributed by atoms with Crippen LogP contribution in [0.4, 0.5) is 4.39 Å². The first kappa shape index (κ1) is 10.1. The van der Waals surface area contributed by atoms with Crippen LogP contribution in [0, 0.1) is 5.82 Å². The van der Waals surface area contributed by atoms with Crippen molar-refractivity contribution < 1.29 is 14.3 Å². The molecule has 0 aromatic heterocycles. The topological polar surface area (TPSA) is 40.5 Å². The van der Waals surface area contributed by atoms with E-state index < -0.39 is 11.8 Å². The van der Waals surface area contributed by atoms with Crippen LogP contribution >= 0.6 is 0 Å². The molecule has 0 saturated carbocycles. The predicted octanol–water partition coefficient (Wildman–Crippen LogP) is 1.73. The molecule has 1 heterocycles. The summed E-state index contributed by atoms with van der Waals surface area (Å²) in [4.78, 5) is 13.0. The van der Waals surface area contributed by atoms with Gasteiger partial charge in [0.25, 0.3) is 0 Å². The summed E-state index contributed by atoms with van der Waals surface area (Å²) in [6, 6.07) is 3.94. The van der Waals surface area contributed by atoms with Crippen LogP contribution in [0.5, 0.6) is 0 Å². The standard InChI is InChI=1S/C11H12FNO2/c12-9-3-2-8(7-13-4-1-5-13)10(6-9)11(14)15/h2-3,6H,1,4-5,7H2,(H,14,15). The van der Waals surface area contributed by atoms with Gasteiger partial charge in [0.15, 0.2) is 0 Å². The minimum absolute atomic E-state index is 0.0712. The van der Waals surface area contributed by atoms with Gasteiger partial charge in [-0.1, -0.05) is 6.07 Å². The molecule has 0 amide bonds. The molecule has 0 spiro atoms. The molecular formula is C11H12FNO2. The third-order valence-electron chi connectivity index (χ3n) is 2.64. The first-order valence-electron chi connectivity index (χ1n) is 4.91. The molecular weight excluding hydrogens is 197 g/mol. The summed E-state index contributed by atoms with van der Waals surface area (Å²) in [5.74, 6) is -1.57. The summed E-state index contributed by atoms with van der Waals surface area (Å²) in [6.07, 6.45) is 1.16. The third-order valence-corrected chi connectivity index (χ3v) is 2.64. The SMILES string of the molecule is O=C(O)c1cc(F)ccc1CN1CCC1. The van der Waals surface area contributed by atoms with Crippen LogP contribution in [0.2, 0.25) is 0 Å². The first-order valence-corrected chi connectivity index (χ1v) is 4.91. The number of likely N-dealkylation sites (tertiary alicyclic amines) is 1. The Hall–Kier alpha value is -1.42. The highest BCUT2D eigenvalue weighted by molar-refractivity contribution is 5.89. The van der Waals surface area contributed by atoms with Crippen molar-refractivity contribution in [2.45, 2.75) is 13.0 Å². The van der Waals surface area contributed by atoms with E-state index in [0.29, 0.717) is 12.1 Å². The zero-order valence-corrected chi connectivity index (χ0v) is 8.24. The second-order valence-corrected chi connectivity index (χ2v) is 3.74. The zero-order valence-electron chi connectivity index (χ0n) is 8.24. The van der Waals surface area contributed by atoms with E-state index in [1.807, 2.05) is 0 Å². The predicted molar refractivity (Wildman–Crippen MR) is 53.3 cm³/mol. The molecule has 1 aromatic rings. The van der Waals surface area contributed by atoms with Crippen LogP contribution in [0.15, 0.2) is 18.2 Å². The summed E-state index contributed by atoms with van der Waals surface area (Å²) in [5.41, 5.74) is 0.755. The molecule has 4 heteroatoms. The molecule has 80 valence electrons. The van der Waals surface area contributed by atoms with Crippen molar-refractivity contribution >= 4 is 5.97 Å². The fourth-order valence-electron chi connectivity index (χ4n) is 1.67. The van der Waals surface area contributed by atoms with E-state index in [1.54, 1.807) is 6.07 Å². The Labute approximate surface area is 87.1 Å². The van der Waals surface area contributed by atoms with Crippen LogP contribution in [-0.4, -0.2) is 29.1 Å². The Bertz CT molecular complexity index is 388. The minimum atomic E-state index is -1.06. The van der Waals surface area contributed by atoms with Crippen molar-refractivity contribution in [1.82, 2.24) is 4.90 Å². The van der Waals surface area contributed by atoms with Gasteiger partial charge >= 0.3 is 5.97 Å². The number of hydrogen-bond acceptors (Lipinski definition) is 2. The molecule has 15 heavy (non-hydrogen) atoms. The van der Waals surface area contributed by atoms with E-state index in [9.17, 15) is 9.18 Å². The monoisotopic (exact) mass is 209 g/mol. The van der Waals surface area contributed by atoms with Crippen molar-refractivity contribution in [3.05, 3.63) is 35.1 Å². The molecule has 1 aliphatic heterocycles. The maximum Gasteiger partial charge on any atom is 0.336 e. The number of rotatable bonds is 3. The summed E-state index contributed by atoms with van der Waals surface area (Å²) >= 11 is 0. The van der Waals surface area contributed by atoms with Gasteiger partial charge in [0, 0.05) is 6.54 Å². The van der Waals surface area contributed by atoms with E-state index in [2.05, 4.69) is 4.90 Å². The molecule has 1 fully saturated rings. The van der Waals surface area contributed by atoms with E-state index in [4.69, 9.17) is 5.11 Å². The molecule has 1 N–H and O–H groups in total. The van der Waals surface area contributed by atoms with Crippen LogP contribution in [0.25, 0.3) is 0 Å². The molecule has 0 unspecified atom stereocenters. The molecule has 1 aliphatic rings. The fourth-order valence-corrected chi connectivity index (χ4v) is 1.67. The smallest absolute Gasteiger partial charge is 0.336 e. The summed E-state index contributed by atoms with van der Waals surface area (Å²) in [5, 5.41) is 8.91. The Balaban J connectivity index is 2.23. The van der Waals surface area contributed by atoms with E-state index in [-0.39, 0.29) is 5.56 Å². The van der Waals surface area contributed by atoms with Crippen LogP contribution in [-0.2, 0) is 6.54 Å². The summed E-state index contributed by atoms with van der Waals surface area (Å²) in [6.45, 7) is 2.59. The van der Waals surface area contributed by atoms with Gasteiger partial charge in [-0.3, -0.25) is 4.90 Å². The Kier molecular flexibility index (Phi) is 2.68. The Morgan fingerprint density at radius 1 is 1.47 bits per heavy atom. The summed E-state index contributed by atoms with van der Waals surface area (Å²) < 4.78 is 12.9. The lowest BCUT2D eigenvalue weighted by Gasteiger charge is -2.31. The second-order valence-electron chi connectivity index (χ2n) is 3.74. The second kappa shape index (κ2) is 3.98. The van der Waals surface area contributed by atoms with E-state index >= 15 is 0 Å². The molecule has 0 aliphatic carbocycles. The number of carboxylic acids is 1. The highest BCUT2D eigenvalue weighted by Crippen LogP contribution is 2.17. The number of nitrogens with zero attached hydrogens (tertiary/aromatic N) is 1. The van der Waals surface area contributed by atoms with Gasteiger partial charge < -0.3 is 5.11 Å². The van der Waals surface area contributed by atoms with Gasteiger partial charge in [0.05, 0.1) is 5.56 Å². The number of carboxylic acid groups (broad SMARTS) is 1. The average Bonchev–Trinajstić information content (AvgIpc) is 2.12. The summed E-state index contributed by atoms with van der Waals surface area (Å²) in [7, 11) is 0. The lowest BCUT2D eigenvalue weighted by atomic mass is 10.1. The number of hydrogen-bond donors (Lipinski definition) is 1. The normalized spacial score (nSPS) is 16.1. The molecule has 2 rings (SSSR count). The van der Waals surface area contributed by atoms with Gasteiger partial charge in [0.2, 0.25) is 0 Å². The Morgan fingerprint density at radius 3 is 2.73 bits per heavy atom. The molecule has 1 aromatic carbocycles. The third kappa shape index (κ3) is 2.15. The van der Waals surface area contributed by atoms with Gasteiger partial charge in [-0.2, -0.15) is 0 Å². The lowest BCUT2D eigenvalue weighted by molar-refractivity contribution is 0.0692. The number of aromatic carboxylic acids is 1. The molecule has 0 atom stereocenters. The lowest BCUT2D eigenvalue weighted by Crippen LogP contribution is -2.36. The number of carbonyl (C=O) groups is 1. The average molecular weight is 209 g/mol. The van der Waals surface area contributed by atoms with Crippen molar-refractivity contribution in [2.75, 3.05) is 13.1 Å². The maximum absolute atomic E-state index is 12.9. The van der Waals surface area contributed by atoms with Crippen LogP contribution in [0.3, 0.4) is 0 Å². The van der Waals surface area contributed by atoms with Crippen LogP contribution < -0.4 is 0 Å². The molecule has 1 saturated heterocycles. The number of halogens is 1. The molecule has 0 bridgehead atoms. The quantitative estimate of drug-likeness (QED) is 0.824. The Morgan fingerprint density at radius 2 is 2.20 bits per heavy atom. The largest absolute Gasteiger partial charge is 0.478 e. The number of benzene rings is 1. The molecule has 3 nitrogen and oxygen atoms in total. The highest BCUT2D eigenvalue weighted by atomic mass is 19.1. The zero-order chi connectivity index (χ0) is 10.8. The molecule has 0 radical (unpaired) electrons. The van der Waals surface area contributed by atoms with Crippen molar-refractivity contribution in [1.29, 1.82) is 0 Å². The van der Waals surface area contributed by atoms with Crippen molar-refractivity contribution in [3.63, 3.8) is 0 Å². The highest BCUT2D eigenvalue weighted by Gasteiger charge is 2.18. The van der Waals surface area contributed by atoms with E-state index in [0.717, 1.165) is 25.6 Å².